The molecule has 2 heteroatoms. The molecule has 3 aliphatic rings. The summed E-state index contributed by atoms with van der Waals surface area (Å²) < 4.78 is 0. The van der Waals surface area contributed by atoms with Gasteiger partial charge in [-0.25, -0.2) is 0 Å². The Morgan fingerprint density at radius 2 is 1.74 bits per heavy atom. The van der Waals surface area contributed by atoms with Crippen molar-refractivity contribution in [3.63, 3.8) is 0 Å². The molecule has 1 heterocycles. The number of nitrogens with zero attached hydrogens (tertiary/aromatic N) is 1. The van der Waals surface area contributed by atoms with E-state index >= 15 is 0 Å². The van der Waals surface area contributed by atoms with Crippen molar-refractivity contribution >= 4 is 0 Å². The highest BCUT2D eigenvalue weighted by Crippen LogP contribution is 2.68. The van der Waals surface area contributed by atoms with E-state index in [1.54, 1.807) is 0 Å². The molecule has 0 aromatic heterocycles. The molecule has 2 aliphatic carbocycles. The van der Waals surface area contributed by atoms with Crippen LogP contribution in [0.25, 0.3) is 0 Å². The zero-order valence-electron chi connectivity index (χ0n) is 13.5. The molecular formula is C17H32N2. The van der Waals surface area contributed by atoms with E-state index < -0.39 is 0 Å². The van der Waals surface area contributed by atoms with Crippen LogP contribution in [0.2, 0.25) is 0 Å². The minimum atomic E-state index is 0.533. The van der Waals surface area contributed by atoms with Crippen molar-refractivity contribution in [2.45, 2.75) is 66.0 Å². The highest BCUT2D eigenvalue weighted by atomic mass is 15.2. The van der Waals surface area contributed by atoms with Crippen LogP contribution < -0.4 is 5.32 Å². The Hall–Kier alpha value is -0.0800. The average molecular weight is 264 g/mol. The van der Waals surface area contributed by atoms with Crippen molar-refractivity contribution in [1.82, 2.24) is 10.2 Å². The highest BCUT2D eigenvalue weighted by molar-refractivity contribution is 5.13. The molecule has 1 N–H and O–H groups in total. The van der Waals surface area contributed by atoms with E-state index in [2.05, 4.69) is 44.8 Å². The second kappa shape index (κ2) is 4.46. The predicted molar refractivity (Wildman–Crippen MR) is 81.2 cm³/mol. The minimum absolute atomic E-state index is 0.533. The molecule has 3 fully saturated rings. The topological polar surface area (TPSA) is 15.3 Å². The van der Waals surface area contributed by atoms with Crippen LogP contribution in [-0.4, -0.2) is 36.6 Å². The highest BCUT2D eigenvalue weighted by Gasteiger charge is 2.64. The lowest BCUT2D eigenvalue weighted by Crippen LogP contribution is -2.57. The van der Waals surface area contributed by atoms with Gasteiger partial charge in [0.05, 0.1) is 0 Å². The molecule has 1 saturated heterocycles. The van der Waals surface area contributed by atoms with Crippen LogP contribution in [0.4, 0.5) is 0 Å². The van der Waals surface area contributed by atoms with E-state index in [4.69, 9.17) is 0 Å². The molecule has 2 saturated carbocycles. The molecule has 2 nitrogen and oxygen atoms in total. The Balaban J connectivity index is 1.63. The van der Waals surface area contributed by atoms with Gasteiger partial charge in [-0.15, -0.1) is 0 Å². The molecular weight excluding hydrogens is 232 g/mol. The van der Waals surface area contributed by atoms with Gasteiger partial charge in [0.25, 0.3) is 0 Å². The van der Waals surface area contributed by atoms with Crippen LogP contribution in [0.15, 0.2) is 0 Å². The van der Waals surface area contributed by atoms with Crippen LogP contribution in [-0.2, 0) is 0 Å². The lowest BCUT2D eigenvalue weighted by Gasteiger charge is -2.41. The maximum Gasteiger partial charge on any atom is 0.0224 e. The van der Waals surface area contributed by atoms with Crippen molar-refractivity contribution in [2.24, 2.45) is 22.7 Å². The lowest BCUT2D eigenvalue weighted by atomic mass is 10.0. The van der Waals surface area contributed by atoms with E-state index in [9.17, 15) is 0 Å². The first-order valence-electron chi connectivity index (χ1n) is 8.35. The lowest BCUT2D eigenvalue weighted by molar-refractivity contribution is 0.107. The van der Waals surface area contributed by atoms with Crippen LogP contribution >= 0.6 is 0 Å². The van der Waals surface area contributed by atoms with Gasteiger partial charge in [0, 0.05) is 31.7 Å². The molecule has 0 aromatic rings. The van der Waals surface area contributed by atoms with Gasteiger partial charge in [-0.2, -0.15) is 0 Å². The summed E-state index contributed by atoms with van der Waals surface area (Å²) in [4.78, 5) is 2.82. The summed E-state index contributed by atoms with van der Waals surface area (Å²) in [5, 5.41) is 3.81. The van der Waals surface area contributed by atoms with Crippen molar-refractivity contribution in [3.8, 4) is 0 Å². The van der Waals surface area contributed by atoms with E-state index in [1.165, 1.54) is 38.9 Å². The van der Waals surface area contributed by atoms with E-state index in [0.717, 1.165) is 23.9 Å². The van der Waals surface area contributed by atoms with Crippen LogP contribution in [0.3, 0.4) is 0 Å². The van der Waals surface area contributed by atoms with E-state index in [-0.39, 0.29) is 0 Å². The Kier molecular flexibility index (Phi) is 3.26. The number of hydrogen-bond acceptors (Lipinski definition) is 2. The van der Waals surface area contributed by atoms with Crippen molar-refractivity contribution in [1.29, 1.82) is 0 Å². The van der Waals surface area contributed by atoms with E-state index in [0.29, 0.717) is 10.8 Å². The Bertz CT molecular complexity index is 329. The monoisotopic (exact) mass is 264 g/mol. The summed E-state index contributed by atoms with van der Waals surface area (Å²) in [5.74, 6) is 1.87. The standard InChI is InChI=1S/C17H32N2/c1-6-13-9-18-14(12-7-8-12)10-19(13)11-15-16(2,3)17(15,4)5/h12-15,18H,6-11H2,1-5H3. The Morgan fingerprint density at radius 1 is 1.11 bits per heavy atom. The minimum Gasteiger partial charge on any atom is -0.311 e. The molecule has 2 atom stereocenters. The summed E-state index contributed by atoms with van der Waals surface area (Å²) in [5.41, 5.74) is 1.07. The third-order valence-electron chi connectivity index (χ3n) is 6.96. The van der Waals surface area contributed by atoms with Crippen molar-refractivity contribution in [3.05, 3.63) is 0 Å². The third-order valence-corrected chi connectivity index (χ3v) is 6.96. The zero-order valence-corrected chi connectivity index (χ0v) is 13.5. The van der Waals surface area contributed by atoms with Crippen LogP contribution in [0, 0.1) is 22.7 Å². The Morgan fingerprint density at radius 3 is 2.21 bits per heavy atom. The number of rotatable bonds is 4. The van der Waals surface area contributed by atoms with Crippen molar-refractivity contribution < 1.29 is 0 Å². The molecule has 1 aliphatic heterocycles. The maximum absolute atomic E-state index is 3.81. The summed E-state index contributed by atoms with van der Waals surface area (Å²) in [6, 6.07) is 1.55. The number of nitrogens with one attached hydrogen (secondary N) is 1. The molecule has 0 bridgehead atoms. The van der Waals surface area contributed by atoms with Gasteiger partial charge >= 0.3 is 0 Å². The molecule has 0 amide bonds. The zero-order chi connectivity index (χ0) is 13.8. The molecule has 3 rings (SSSR count). The van der Waals surface area contributed by atoms with Gasteiger partial charge in [0.2, 0.25) is 0 Å². The summed E-state index contributed by atoms with van der Waals surface area (Å²) in [7, 11) is 0. The summed E-state index contributed by atoms with van der Waals surface area (Å²) in [6.07, 6.45) is 4.21. The van der Waals surface area contributed by atoms with Crippen LogP contribution in [0.1, 0.15) is 53.9 Å². The molecule has 110 valence electrons. The first kappa shape index (κ1) is 13.9. The molecule has 0 radical (unpaired) electrons. The predicted octanol–water partition coefficient (Wildman–Crippen LogP) is 3.13. The van der Waals surface area contributed by atoms with Gasteiger partial charge in [-0.05, 0) is 41.9 Å². The first-order valence-corrected chi connectivity index (χ1v) is 8.35. The van der Waals surface area contributed by atoms with Crippen molar-refractivity contribution in [2.75, 3.05) is 19.6 Å². The van der Waals surface area contributed by atoms with Gasteiger partial charge < -0.3 is 5.32 Å². The molecule has 0 spiro atoms. The Labute approximate surface area is 119 Å². The summed E-state index contributed by atoms with van der Waals surface area (Å²) >= 11 is 0. The molecule has 2 unspecified atom stereocenters. The smallest absolute Gasteiger partial charge is 0.0224 e. The summed E-state index contributed by atoms with van der Waals surface area (Å²) in [6.45, 7) is 16.0. The normalized spacial score (nSPS) is 38.4. The number of piperazine rings is 1. The largest absolute Gasteiger partial charge is 0.311 e. The fourth-order valence-electron chi connectivity index (χ4n) is 4.35. The second-order valence-electron chi connectivity index (χ2n) is 8.36. The first-order chi connectivity index (χ1) is 8.88. The van der Waals surface area contributed by atoms with Gasteiger partial charge in [-0.1, -0.05) is 34.6 Å². The van der Waals surface area contributed by atoms with Gasteiger partial charge in [0.1, 0.15) is 0 Å². The van der Waals surface area contributed by atoms with E-state index in [1.807, 2.05) is 0 Å². The fourth-order valence-corrected chi connectivity index (χ4v) is 4.35. The molecule has 0 aromatic carbocycles. The van der Waals surface area contributed by atoms with Gasteiger partial charge in [-0.3, -0.25) is 4.90 Å². The van der Waals surface area contributed by atoms with Gasteiger partial charge in [0.15, 0.2) is 0 Å². The average Bonchev–Trinajstić information content (AvgIpc) is 3.24. The molecule has 19 heavy (non-hydrogen) atoms. The third kappa shape index (κ3) is 2.25. The maximum atomic E-state index is 3.81. The quantitative estimate of drug-likeness (QED) is 0.839. The fraction of sp³-hybridized carbons (Fsp3) is 1.00. The SMILES string of the molecule is CCC1CNC(C2CC2)CN1CC1C(C)(C)C1(C)C. The van der Waals surface area contributed by atoms with Crippen LogP contribution in [0.5, 0.6) is 0 Å². The second-order valence-corrected chi connectivity index (χ2v) is 8.36. The number of hydrogen-bond donors (Lipinski definition) is 1.